The number of nitrogens with two attached hydrogens (primary N) is 1. The van der Waals surface area contributed by atoms with Gasteiger partial charge in [0.2, 0.25) is 0 Å². The third kappa shape index (κ3) is 4.75. The first kappa shape index (κ1) is 14.0. The Morgan fingerprint density at radius 3 is 2.76 bits per heavy atom. The largest absolute Gasteiger partial charge is 0.490 e. The number of ether oxygens (including phenoxy) is 2. The smallest absolute Gasteiger partial charge is 0.122 e. The summed E-state index contributed by atoms with van der Waals surface area (Å²) in [5.41, 5.74) is 8.05. The molecule has 0 fully saturated rings. The van der Waals surface area contributed by atoms with E-state index < -0.39 is 0 Å². The predicted molar refractivity (Wildman–Crippen MR) is 70.5 cm³/mol. The minimum absolute atomic E-state index is 0.161. The molecule has 96 valence electrons. The summed E-state index contributed by atoms with van der Waals surface area (Å²) >= 11 is 0. The van der Waals surface area contributed by atoms with E-state index in [0.717, 1.165) is 25.2 Å². The van der Waals surface area contributed by atoms with Crippen LogP contribution in [0.5, 0.6) is 5.75 Å². The quantitative estimate of drug-likeness (QED) is 0.791. The second-order valence-electron chi connectivity index (χ2n) is 4.36. The van der Waals surface area contributed by atoms with Gasteiger partial charge in [0, 0.05) is 20.1 Å². The monoisotopic (exact) mass is 237 g/mol. The lowest BCUT2D eigenvalue weighted by atomic mass is 10.1. The summed E-state index contributed by atoms with van der Waals surface area (Å²) in [5.74, 6) is 0.949. The molecule has 1 unspecified atom stereocenters. The third-order valence-electron chi connectivity index (χ3n) is 2.69. The van der Waals surface area contributed by atoms with Crippen molar-refractivity contribution >= 4 is 0 Å². The first-order valence-electron chi connectivity index (χ1n) is 6.12. The third-order valence-corrected chi connectivity index (χ3v) is 2.69. The van der Waals surface area contributed by atoms with Gasteiger partial charge < -0.3 is 15.2 Å². The van der Waals surface area contributed by atoms with Gasteiger partial charge in [-0.2, -0.15) is 0 Å². The number of aryl methyl sites for hydroxylation is 1. The van der Waals surface area contributed by atoms with E-state index in [9.17, 15) is 0 Å². The molecular formula is C14H23NO2. The number of hydrogen-bond donors (Lipinski definition) is 1. The fraction of sp³-hybridized carbons (Fsp3) is 0.571. The lowest BCUT2D eigenvalue weighted by Gasteiger charge is -2.17. The highest BCUT2D eigenvalue weighted by Gasteiger charge is 2.08. The molecular weight excluding hydrogens is 214 g/mol. The highest BCUT2D eigenvalue weighted by molar-refractivity contribution is 5.37. The SMILES string of the molecule is COCCC(C)Oc1ccc(C)cc1CCN. The molecule has 0 radical (unpaired) electrons. The second-order valence-corrected chi connectivity index (χ2v) is 4.36. The summed E-state index contributed by atoms with van der Waals surface area (Å²) in [7, 11) is 1.71. The molecule has 3 heteroatoms. The van der Waals surface area contributed by atoms with Crippen molar-refractivity contribution in [2.75, 3.05) is 20.3 Å². The van der Waals surface area contributed by atoms with Crippen molar-refractivity contribution in [1.29, 1.82) is 0 Å². The van der Waals surface area contributed by atoms with Crippen LogP contribution < -0.4 is 10.5 Å². The van der Waals surface area contributed by atoms with E-state index in [4.69, 9.17) is 15.2 Å². The normalized spacial score (nSPS) is 12.5. The Morgan fingerprint density at radius 1 is 1.35 bits per heavy atom. The molecule has 1 rings (SSSR count). The zero-order chi connectivity index (χ0) is 12.7. The first-order valence-corrected chi connectivity index (χ1v) is 6.12. The molecule has 0 aliphatic carbocycles. The van der Waals surface area contributed by atoms with Crippen molar-refractivity contribution in [2.24, 2.45) is 5.73 Å². The van der Waals surface area contributed by atoms with Gasteiger partial charge in [0.1, 0.15) is 5.75 Å². The number of hydrogen-bond acceptors (Lipinski definition) is 3. The fourth-order valence-electron chi connectivity index (χ4n) is 1.73. The number of benzene rings is 1. The Balaban J connectivity index is 2.68. The van der Waals surface area contributed by atoms with E-state index in [0.29, 0.717) is 6.54 Å². The van der Waals surface area contributed by atoms with Gasteiger partial charge in [-0.15, -0.1) is 0 Å². The van der Waals surface area contributed by atoms with Crippen LogP contribution in [0.15, 0.2) is 18.2 Å². The van der Waals surface area contributed by atoms with Gasteiger partial charge >= 0.3 is 0 Å². The molecule has 0 spiro atoms. The van der Waals surface area contributed by atoms with Crippen LogP contribution in [-0.2, 0) is 11.2 Å². The molecule has 1 aromatic rings. The molecule has 0 saturated carbocycles. The van der Waals surface area contributed by atoms with Gasteiger partial charge in [-0.25, -0.2) is 0 Å². The summed E-state index contributed by atoms with van der Waals surface area (Å²) < 4.78 is 11.0. The topological polar surface area (TPSA) is 44.5 Å². The van der Waals surface area contributed by atoms with Crippen LogP contribution >= 0.6 is 0 Å². The molecule has 0 aliphatic rings. The zero-order valence-corrected chi connectivity index (χ0v) is 11.0. The van der Waals surface area contributed by atoms with Gasteiger partial charge in [-0.3, -0.25) is 0 Å². The lowest BCUT2D eigenvalue weighted by molar-refractivity contribution is 0.134. The first-order chi connectivity index (χ1) is 8.17. The summed E-state index contributed by atoms with van der Waals surface area (Å²) in [5, 5.41) is 0. The van der Waals surface area contributed by atoms with Crippen molar-refractivity contribution in [3.05, 3.63) is 29.3 Å². The minimum atomic E-state index is 0.161. The average molecular weight is 237 g/mol. The van der Waals surface area contributed by atoms with E-state index in [2.05, 4.69) is 26.0 Å². The Kier molecular flexibility index (Phi) is 6.01. The van der Waals surface area contributed by atoms with Gasteiger partial charge in [-0.05, 0) is 38.4 Å². The molecule has 2 N–H and O–H groups in total. The maximum absolute atomic E-state index is 5.92. The van der Waals surface area contributed by atoms with Crippen LogP contribution in [-0.4, -0.2) is 26.4 Å². The molecule has 1 atom stereocenters. The summed E-state index contributed by atoms with van der Waals surface area (Å²) in [6.07, 6.45) is 1.91. The van der Waals surface area contributed by atoms with Gasteiger partial charge in [0.05, 0.1) is 6.10 Å². The maximum Gasteiger partial charge on any atom is 0.122 e. The highest BCUT2D eigenvalue weighted by atomic mass is 16.5. The van der Waals surface area contributed by atoms with Crippen LogP contribution in [0, 0.1) is 6.92 Å². The molecule has 0 heterocycles. The predicted octanol–water partition coefficient (Wildman–Crippen LogP) is 2.30. The molecule has 17 heavy (non-hydrogen) atoms. The van der Waals surface area contributed by atoms with E-state index in [1.807, 2.05) is 6.07 Å². The Labute approximate surface area is 104 Å². The van der Waals surface area contributed by atoms with Crippen LogP contribution in [0.4, 0.5) is 0 Å². The summed E-state index contributed by atoms with van der Waals surface area (Å²) in [6.45, 7) is 5.51. The Morgan fingerprint density at radius 2 is 2.12 bits per heavy atom. The average Bonchev–Trinajstić information content (AvgIpc) is 2.30. The van der Waals surface area contributed by atoms with Crippen molar-refractivity contribution in [3.63, 3.8) is 0 Å². The molecule has 3 nitrogen and oxygen atoms in total. The van der Waals surface area contributed by atoms with Crippen LogP contribution in [0.3, 0.4) is 0 Å². The number of methoxy groups -OCH3 is 1. The molecule has 0 bridgehead atoms. The van der Waals surface area contributed by atoms with Crippen LogP contribution in [0.25, 0.3) is 0 Å². The van der Waals surface area contributed by atoms with Crippen molar-refractivity contribution in [3.8, 4) is 5.75 Å². The van der Waals surface area contributed by atoms with Gasteiger partial charge in [0.25, 0.3) is 0 Å². The van der Waals surface area contributed by atoms with E-state index in [1.165, 1.54) is 11.1 Å². The number of rotatable bonds is 7. The van der Waals surface area contributed by atoms with Crippen molar-refractivity contribution in [2.45, 2.75) is 32.8 Å². The van der Waals surface area contributed by atoms with Crippen molar-refractivity contribution < 1.29 is 9.47 Å². The Bertz CT molecular complexity index is 339. The highest BCUT2D eigenvalue weighted by Crippen LogP contribution is 2.22. The fourth-order valence-corrected chi connectivity index (χ4v) is 1.73. The molecule has 0 saturated heterocycles. The van der Waals surface area contributed by atoms with E-state index in [-0.39, 0.29) is 6.10 Å². The van der Waals surface area contributed by atoms with E-state index >= 15 is 0 Å². The molecule has 0 amide bonds. The molecule has 1 aromatic carbocycles. The lowest BCUT2D eigenvalue weighted by Crippen LogP contribution is -2.16. The van der Waals surface area contributed by atoms with Crippen molar-refractivity contribution in [1.82, 2.24) is 0 Å². The molecule has 0 aliphatic heterocycles. The maximum atomic E-state index is 5.92. The van der Waals surface area contributed by atoms with Crippen LogP contribution in [0.2, 0.25) is 0 Å². The molecule has 0 aromatic heterocycles. The minimum Gasteiger partial charge on any atom is -0.490 e. The Hall–Kier alpha value is -1.06. The standard InChI is InChI=1S/C14H23NO2/c1-11-4-5-14(13(10-11)6-8-15)17-12(2)7-9-16-3/h4-5,10,12H,6-9,15H2,1-3H3. The van der Waals surface area contributed by atoms with Gasteiger partial charge in [0.15, 0.2) is 0 Å². The van der Waals surface area contributed by atoms with Crippen LogP contribution in [0.1, 0.15) is 24.5 Å². The summed E-state index contributed by atoms with van der Waals surface area (Å²) in [6, 6.07) is 6.24. The summed E-state index contributed by atoms with van der Waals surface area (Å²) in [4.78, 5) is 0. The van der Waals surface area contributed by atoms with E-state index in [1.54, 1.807) is 7.11 Å². The van der Waals surface area contributed by atoms with Gasteiger partial charge in [-0.1, -0.05) is 17.7 Å². The second kappa shape index (κ2) is 7.30. The zero-order valence-electron chi connectivity index (χ0n) is 11.0.